The van der Waals surface area contributed by atoms with Crippen molar-refractivity contribution in [2.24, 2.45) is 7.05 Å². The van der Waals surface area contributed by atoms with E-state index in [1.807, 2.05) is 0 Å². The molecule has 0 aliphatic heterocycles. The average Bonchev–Trinajstić information content (AvgIpc) is 2.78. The number of benzene rings is 1. The van der Waals surface area contributed by atoms with E-state index in [9.17, 15) is 22.8 Å². The van der Waals surface area contributed by atoms with Crippen LogP contribution in [0.3, 0.4) is 0 Å². The third-order valence-corrected chi connectivity index (χ3v) is 3.24. The number of ketones is 1. The van der Waals surface area contributed by atoms with E-state index in [4.69, 9.17) is 5.11 Å². The summed E-state index contributed by atoms with van der Waals surface area (Å²) in [5, 5.41) is 8.76. The van der Waals surface area contributed by atoms with Gasteiger partial charge in [0.15, 0.2) is 0 Å². The Morgan fingerprint density at radius 3 is 2.45 bits per heavy atom. The van der Waals surface area contributed by atoms with E-state index < -0.39 is 23.5 Å². The molecular formula is C15H12F3NO3. The second-order valence-electron chi connectivity index (χ2n) is 4.75. The SMILES string of the molecule is Cn1c(CC(=O)O)ccc1C(=O)c1cccc(C(F)(F)F)c1. The summed E-state index contributed by atoms with van der Waals surface area (Å²) in [6.07, 6.45) is -4.80. The van der Waals surface area contributed by atoms with Gasteiger partial charge in [0.05, 0.1) is 17.7 Å². The summed E-state index contributed by atoms with van der Waals surface area (Å²) in [4.78, 5) is 23.0. The fourth-order valence-corrected chi connectivity index (χ4v) is 2.10. The van der Waals surface area contributed by atoms with E-state index in [0.717, 1.165) is 18.2 Å². The second-order valence-corrected chi connectivity index (χ2v) is 4.75. The minimum atomic E-state index is -4.53. The van der Waals surface area contributed by atoms with Crippen molar-refractivity contribution in [2.75, 3.05) is 0 Å². The summed E-state index contributed by atoms with van der Waals surface area (Å²) in [7, 11) is 1.50. The first kappa shape index (κ1) is 15.8. The highest BCUT2D eigenvalue weighted by molar-refractivity contribution is 6.08. The van der Waals surface area contributed by atoms with Crippen LogP contribution in [0.4, 0.5) is 13.2 Å². The van der Waals surface area contributed by atoms with Crippen LogP contribution in [0.25, 0.3) is 0 Å². The van der Waals surface area contributed by atoms with Crippen molar-refractivity contribution in [3.8, 4) is 0 Å². The minimum absolute atomic E-state index is 0.0992. The lowest BCUT2D eigenvalue weighted by molar-refractivity contribution is -0.138. The number of alkyl halides is 3. The normalized spacial score (nSPS) is 11.5. The zero-order valence-electron chi connectivity index (χ0n) is 11.5. The maximum atomic E-state index is 12.7. The Balaban J connectivity index is 2.37. The standard InChI is InChI=1S/C15H12F3NO3/c1-19-11(8-13(20)21)5-6-12(19)14(22)9-3-2-4-10(7-9)15(16,17)18/h2-7H,8H2,1H3,(H,20,21). The molecule has 0 bridgehead atoms. The summed E-state index contributed by atoms with van der Waals surface area (Å²) < 4.78 is 39.4. The molecule has 2 rings (SSSR count). The van der Waals surface area contributed by atoms with Crippen LogP contribution < -0.4 is 0 Å². The summed E-state index contributed by atoms with van der Waals surface area (Å²) >= 11 is 0. The highest BCUT2D eigenvalue weighted by Gasteiger charge is 2.31. The van der Waals surface area contributed by atoms with Gasteiger partial charge in [0.1, 0.15) is 0 Å². The molecule has 0 saturated heterocycles. The van der Waals surface area contributed by atoms with Crippen LogP contribution in [0.5, 0.6) is 0 Å². The van der Waals surface area contributed by atoms with Gasteiger partial charge in [-0.3, -0.25) is 9.59 Å². The summed E-state index contributed by atoms with van der Waals surface area (Å²) in [6, 6.07) is 7.00. The number of carboxylic acids is 1. The lowest BCUT2D eigenvalue weighted by atomic mass is 10.0. The Kier molecular flexibility index (Phi) is 4.07. The molecule has 1 aromatic carbocycles. The van der Waals surface area contributed by atoms with Gasteiger partial charge in [-0.25, -0.2) is 0 Å². The highest BCUT2D eigenvalue weighted by atomic mass is 19.4. The molecule has 1 heterocycles. The average molecular weight is 311 g/mol. The van der Waals surface area contributed by atoms with E-state index in [0.29, 0.717) is 5.69 Å². The Morgan fingerprint density at radius 1 is 1.18 bits per heavy atom. The number of carbonyl (C=O) groups is 2. The van der Waals surface area contributed by atoms with Crippen LogP contribution in [0.15, 0.2) is 36.4 Å². The molecule has 0 amide bonds. The van der Waals surface area contributed by atoms with Crippen LogP contribution in [-0.4, -0.2) is 21.4 Å². The third-order valence-electron chi connectivity index (χ3n) is 3.24. The van der Waals surface area contributed by atoms with E-state index in [1.54, 1.807) is 0 Å². The first-order valence-corrected chi connectivity index (χ1v) is 6.28. The van der Waals surface area contributed by atoms with Crippen LogP contribution in [0.2, 0.25) is 0 Å². The fraction of sp³-hybridized carbons (Fsp3) is 0.200. The van der Waals surface area contributed by atoms with Crippen molar-refractivity contribution >= 4 is 11.8 Å². The predicted molar refractivity (Wildman–Crippen MR) is 71.6 cm³/mol. The summed E-state index contributed by atoms with van der Waals surface area (Å²) in [6.45, 7) is 0. The Hall–Kier alpha value is -2.57. The molecule has 7 heteroatoms. The smallest absolute Gasteiger partial charge is 0.416 e. The molecule has 0 fully saturated rings. The minimum Gasteiger partial charge on any atom is -0.481 e. The lowest BCUT2D eigenvalue weighted by Crippen LogP contribution is -2.12. The Labute approximate surface area is 123 Å². The predicted octanol–water partition coefficient (Wildman–Crippen LogP) is 2.90. The van der Waals surface area contributed by atoms with Gasteiger partial charge in [-0.05, 0) is 24.3 Å². The number of aromatic nitrogens is 1. The maximum Gasteiger partial charge on any atom is 0.416 e. The van der Waals surface area contributed by atoms with Crippen LogP contribution >= 0.6 is 0 Å². The zero-order valence-corrected chi connectivity index (χ0v) is 11.5. The van der Waals surface area contributed by atoms with Gasteiger partial charge in [0.2, 0.25) is 5.78 Å². The molecule has 1 N–H and O–H groups in total. The number of hydrogen-bond donors (Lipinski definition) is 1. The molecule has 0 aliphatic rings. The number of carbonyl (C=O) groups excluding carboxylic acids is 1. The molecule has 0 aliphatic carbocycles. The van der Waals surface area contributed by atoms with Gasteiger partial charge in [-0.2, -0.15) is 13.2 Å². The number of rotatable bonds is 4. The van der Waals surface area contributed by atoms with Crippen LogP contribution in [-0.2, 0) is 24.4 Å². The second kappa shape index (κ2) is 5.67. The molecule has 116 valence electrons. The summed E-state index contributed by atoms with van der Waals surface area (Å²) in [5.74, 6) is -1.65. The number of hydrogen-bond acceptors (Lipinski definition) is 2. The summed E-state index contributed by atoms with van der Waals surface area (Å²) in [5.41, 5.74) is -0.477. The van der Waals surface area contributed by atoms with Gasteiger partial charge < -0.3 is 9.67 Å². The van der Waals surface area contributed by atoms with Crippen LogP contribution in [0.1, 0.15) is 27.3 Å². The molecule has 22 heavy (non-hydrogen) atoms. The molecule has 1 aromatic heterocycles. The molecular weight excluding hydrogens is 299 g/mol. The molecule has 4 nitrogen and oxygen atoms in total. The molecule has 0 atom stereocenters. The van der Waals surface area contributed by atoms with Crippen molar-refractivity contribution in [1.82, 2.24) is 4.57 Å². The number of halogens is 3. The lowest BCUT2D eigenvalue weighted by Gasteiger charge is -2.09. The van der Waals surface area contributed by atoms with Gasteiger partial charge >= 0.3 is 12.1 Å². The quantitative estimate of drug-likeness (QED) is 0.883. The first-order valence-electron chi connectivity index (χ1n) is 6.28. The molecule has 0 unspecified atom stereocenters. The largest absolute Gasteiger partial charge is 0.481 e. The fourth-order valence-electron chi connectivity index (χ4n) is 2.10. The van der Waals surface area contributed by atoms with E-state index in [-0.39, 0.29) is 17.7 Å². The van der Waals surface area contributed by atoms with Gasteiger partial charge in [-0.15, -0.1) is 0 Å². The van der Waals surface area contributed by atoms with Crippen molar-refractivity contribution in [2.45, 2.75) is 12.6 Å². The van der Waals surface area contributed by atoms with E-state index in [2.05, 4.69) is 0 Å². The Morgan fingerprint density at radius 2 is 1.86 bits per heavy atom. The molecule has 0 spiro atoms. The van der Waals surface area contributed by atoms with E-state index >= 15 is 0 Å². The van der Waals surface area contributed by atoms with Gasteiger partial charge in [0, 0.05) is 18.3 Å². The molecule has 0 radical (unpaired) electrons. The molecule has 0 saturated carbocycles. The van der Waals surface area contributed by atoms with Crippen molar-refractivity contribution in [3.05, 3.63) is 58.9 Å². The third kappa shape index (κ3) is 3.19. The number of nitrogens with zero attached hydrogens (tertiary/aromatic N) is 1. The van der Waals surface area contributed by atoms with Crippen molar-refractivity contribution in [3.63, 3.8) is 0 Å². The van der Waals surface area contributed by atoms with Gasteiger partial charge in [0.25, 0.3) is 0 Å². The number of carboxylic acid groups (broad SMARTS) is 1. The van der Waals surface area contributed by atoms with E-state index in [1.165, 1.54) is 29.8 Å². The first-order chi connectivity index (χ1) is 10.2. The topological polar surface area (TPSA) is 59.3 Å². The Bertz CT molecular complexity index is 732. The van der Waals surface area contributed by atoms with Crippen molar-refractivity contribution in [1.29, 1.82) is 0 Å². The highest BCUT2D eigenvalue weighted by Crippen LogP contribution is 2.30. The zero-order chi connectivity index (χ0) is 16.5. The molecule has 2 aromatic rings. The van der Waals surface area contributed by atoms with Gasteiger partial charge in [-0.1, -0.05) is 12.1 Å². The number of aliphatic carboxylic acids is 1. The maximum absolute atomic E-state index is 12.7. The van der Waals surface area contributed by atoms with Crippen LogP contribution in [0, 0.1) is 0 Å². The monoisotopic (exact) mass is 311 g/mol. The van der Waals surface area contributed by atoms with Crippen molar-refractivity contribution < 1.29 is 27.9 Å².